The molecule has 0 unspecified atom stereocenters. The van der Waals surface area contributed by atoms with Gasteiger partial charge >= 0.3 is 6.03 Å². The molecule has 13 heavy (non-hydrogen) atoms. The van der Waals surface area contributed by atoms with Crippen molar-refractivity contribution in [3.05, 3.63) is 0 Å². The first-order chi connectivity index (χ1) is 6.00. The fourth-order valence-corrected chi connectivity index (χ4v) is 1.19. The molecule has 3 nitrogen and oxygen atoms in total. The van der Waals surface area contributed by atoms with Crippen molar-refractivity contribution in [3.8, 4) is 0 Å². The summed E-state index contributed by atoms with van der Waals surface area (Å²) in [6.07, 6.45) is 0. The summed E-state index contributed by atoms with van der Waals surface area (Å²) in [5.41, 5.74) is 0. The van der Waals surface area contributed by atoms with Crippen LogP contribution >= 0.6 is 0 Å². The molecule has 0 heterocycles. The molecule has 0 rings (SSSR count). The molecule has 0 spiro atoms. The Labute approximate surface area is 82.5 Å². The normalized spacial score (nSPS) is 9.31. The third-order valence-electron chi connectivity index (χ3n) is 1.56. The minimum atomic E-state index is -0.00463. The van der Waals surface area contributed by atoms with E-state index in [9.17, 15) is 4.79 Å². The molecule has 3 heteroatoms. The van der Waals surface area contributed by atoms with Crippen molar-refractivity contribution < 1.29 is 4.79 Å². The van der Waals surface area contributed by atoms with Gasteiger partial charge in [-0.25, -0.2) is 4.79 Å². The zero-order valence-electron chi connectivity index (χ0n) is 10.0. The summed E-state index contributed by atoms with van der Waals surface area (Å²) in [6, 6.07) is 0.514. The smallest absolute Gasteiger partial charge is 0.317 e. The lowest BCUT2D eigenvalue weighted by Crippen LogP contribution is -2.46. The summed E-state index contributed by atoms with van der Waals surface area (Å²) in [7, 11) is 1.65. The van der Waals surface area contributed by atoms with E-state index in [1.54, 1.807) is 11.9 Å². The van der Waals surface area contributed by atoms with Crippen LogP contribution in [0.2, 0.25) is 0 Å². The molecule has 0 radical (unpaired) electrons. The van der Waals surface area contributed by atoms with Crippen LogP contribution in [-0.2, 0) is 0 Å². The largest absolute Gasteiger partial charge is 0.341 e. The second kappa shape index (κ2) is 7.90. The van der Waals surface area contributed by atoms with E-state index in [0.717, 1.165) is 0 Å². The van der Waals surface area contributed by atoms with Gasteiger partial charge in [-0.3, -0.25) is 0 Å². The Balaban J connectivity index is 0. The first-order valence-electron chi connectivity index (χ1n) is 5.00. The number of carbonyl (C=O) groups excluding carboxylic acids is 1. The van der Waals surface area contributed by atoms with E-state index >= 15 is 0 Å². The first kappa shape index (κ1) is 14.8. The predicted molar refractivity (Wildman–Crippen MR) is 57.9 cm³/mol. The average Bonchev–Trinajstić information content (AvgIpc) is 2.06. The van der Waals surface area contributed by atoms with Gasteiger partial charge in [-0.15, -0.1) is 0 Å². The lowest BCUT2D eigenvalue weighted by molar-refractivity contribution is 0.167. The second-order valence-electron chi connectivity index (χ2n) is 3.15. The zero-order valence-corrected chi connectivity index (χ0v) is 10.0. The van der Waals surface area contributed by atoms with Crippen LogP contribution in [0.1, 0.15) is 41.5 Å². The summed E-state index contributed by atoms with van der Waals surface area (Å²) in [4.78, 5) is 13.0. The van der Waals surface area contributed by atoms with Crippen LogP contribution in [0.5, 0.6) is 0 Å². The van der Waals surface area contributed by atoms with E-state index in [0.29, 0.717) is 0 Å². The van der Waals surface area contributed by atoms with Gasteiger partial charge in [0.1, 0.15) is 0 Å². The van der Waals surface area contributed by atoms with Crippen molar-refractivity contribution in [1.29, 1.82) is 0 Å². The number of rotatable bonds is 2. The highest BCUT2D eigenvalue weighted by Gasteiger charge is 2.17. The Bertz CT molecular complexity index is 125. The molecule has 0 aliphatic carbocycles. The molecular formula is C10H24N2O. The molecule has 0 aromatic heterocycles. The Morgan fingerprint density at radius 3 is 1.46 bits per heavy atom. The number of amides is 2. The van der Waals surface area contributed by atoms with Crippen molar-refractivity contribution >= 4 is 6.03 Å². The molecule has 0 aromatic carbocycles. The van der Waals surface area contributed by atoms with Gasteiger partial charge in [-0.05, 0) is 27.7 Å². The number of hydrogen-bond acceptors (Lipinski definition) is 1. The standard InChI is InChI=1S/C8H18N2O.C2H6/c1-6(2)10(7(3)4)8(11)9-5;1-2/h6-7H,1-5H3,(H,9,11);1-2H3. The number of nitrogens with zero attached hydrogens (tertiary/aromatic N) is 1. The maximum atomic E-state index is 11.2. The highest BCUT2D eigenvalue weighted by atomic mass is 16.2. The van der Waals surface area contributed by atoms with Gasteiger partial charge < -0.3 is 10.2 Å². The molecule has 0 aromatic rings. The topological polar surface area (TPSA) is 32.3 Å². The molecule has 0 aliphatic heterocycles. The van der Waals surface area contributed by atoms with Gasteiger partial charge in [0.15, 0.2) is 0 Å². The van der Waals surface area contributed by atoms with Crippen molar-refractivity contribution in [2.45, 2.75) is 53.6 Å². The van der Waals surface area contributed by atoms with Crippen LogP contribution in [0, 0.1) is 0 Å². The Morgan fingerprint density at radius 2 is 1.38 bits per heavy atom. The SMILES string of the molecule is CC.CNC(=O)N(C(C)C)C(C)C. The van der Waals surface area contributed by atoms with Crippen LogP contribution in [-0.4, -0.2) is 30.1 Å². The average molecular weight is 188 g/mol. The fraction of sp³-hybridized carbons (Fsp3) is 0.900. The van der Waals surface area contributed by atoms with Gasteiger partial charge in [0.2, 0.25) is 0 Å². The lowest BCUT2D eigenvalue weighted by atomic mass is 10.2. The van der Waals surface area contributed by atoms with Crippen molar-refractivity contribution in [2.24, 2.45) is 0 Å². The molecule has 0 saturated carbocycles. The minimum absolute atomic E-state index is 0.00463. The van der Waals surface area contributed by atoms with E-state index in [1.165, 1.54) is 0 Å². The third kappa shape index (κ3) is 5.50. The summed E-state index contributed by atoms with van der Waals surface area (Å²) >= 11 is 0. The maximum absolute atomic E-state index is 11.2. The molecule has 80 valence electrons. The lowest BCUT2D eigenvalue weighted by Gasteiger charge is -2.30. The molecule has 0 bridgehead atoms. The molecule has 1 N–H and O–H groups in total. The zero-order chi connectivity index (χ0) is 11.0. The van der Waals surface area contributed by atoms with Crippen LogP contribution in [0.25, 0.3) is 0 Å². The predicted octanol–water partition coefficient (Wildman–Crippen LogP) is 2.47. The monoisotopic (exact) mass is 188 g/mol. The Hall–Kier alpha value is -0.730. The van der Waals surface area contributed by atoms with Gasteiger partial charge in [0, 0.05) is 19.1 Å². The highest BCUT2D eigenvalue weighted by molar-refractivity contribution is 5.74. The summed E-state index contributed by atoms with van der Waals surface area (Å²) in [5.74, 6) is 0. The van der Waals surface area contributed by atoms with E-state index < -0.39 is 0 Å². The van der Waals surface area contributed by atoms with E-state index in [-0.39, 0.29) is 18.1 Å². The van der Waals surface area contributed by atoms with Gasteiger partial charge in [-0.2, -0.15) is 0 Å². The van der Waals surface area contributed by atoms with E-state index in [1.807, 2.05) is 41.5 Å². The highest BCUT2D eigenvalue weighted by Crippen LogP contribution is 2.04. The van der Waals surface area contributed by atoms with E-state index in [4.69, 9.17) is 0 Å². The third-order valence-corrected chi connectivity index (χ3v) is 1.56. The van der Waals surface area contributed by atoms with Gasteiger partial charge in [0.25, 0.3) is 0 Å². The van der Waals surface area contributed by atoms with Crippen LogP contribution < -0.4 is 5.32 Å². The summed E-state index contributed by atoms with van der Waals surface area (Å²) in [6.45, 7) is 12.0. The molecule has 0 aliphatic rings. The maximum Gasteiger partial charge on any atom is 0.317 e. The van der Waals surface area contributed by atoms with Gasteiger partial charge in [0.05, 0.1) is 0 Å². The van der Waals surface area contributed by atoms with Crippen LogP contribution in [0.15, 0.2) is 0 Å². The number of carbonyl (C=O) groups is 1. The summed E-state index contributed by atoms with van der Waals surface area (Å²) < 4.78 is 0. The second-order valence-corrected chi connectivity index (χ2v) is 3.15. The Morgan fingerprint density at radius 1 is 1.08 bits per heavy atom. The van der Waals surface area contributed by atoms with Crippen molar-refractivity contribution in [3.63, 3.8) is 0 Å². The quantitative estimate of drug-likeness (QED) is 0.709. The fourth-order valence-electron chi connectivity index (χ4n) is 1.19. The molecule has 2 amide bonds. The molecule has 0 saturated heterocycles. The van der Waals surface area contributed by atoms with Crippen molar-refractivity contribution in [2.75, 3.05) is 7.05 Å². The minimum Gasteiger partial charge on any atom is -0.341 e. The number of nitrogens with one attached hydrogen (secondary N) is 1. The number of urea groups is 1. The van der Waals surface area contributed by atoms with Crippen LogP contribution in [0.3, 0.4) is 0 Å². The van der Waals surface area contributed by atoms with E-state index in [2.05, 4.69) is 5.32 Å². The molecule has 0 atom stereocenters. The molecule has 0 fully saturated rings. The van der Waals surface area contributed by atoms with Crippen LogP contribution in [0.4, 0.5) is 4.79 Å². The Kier molecular flexibility index (Phi) is 8.97. The van der Waals surface area contributed by atoms with Crippen molar-refractivity contribution in [1.82, 2.24) is 10.2 Å². The first-order valence-corrected chi connectivity index (χ1v) is 5.00. The summed E-state index contributed by atoms with van der Waals surface area (Å²) in [5, 5.41) is 2.61. The van der Waals surface area contributed by atoms with Gasteiger partial charge in [-0.1, -0.05) is 13.8 Å². The molecular weight excluding hydrogens is 164 g/mol. The number of hydrogen-bond donors (Lipinski definition) is 1.